The van der Waals surface area contributed by atoms with Crippen molar-refractivity contribution >= 4 is 15.7 Å². The van der Waals surface area contributed by atoms with Crippen LogP contribution in [-0.2, 0) is 16.4 Å². The zero-order valence-corrected chi connectivity index (χ0v) is 17.2. The molecule has 0 bridgehead atoms. The number of carbonyl (C=O) groups excluding carboxylic acids is 1. The van der Waals surface area contributed by atoms with Crippen LogP contribution in [0.15, 0.2) is 40.8 Å². The maximum absolute atomic E-state index is 13.2. The molecule has 0 unspecified atom stereocenters. The number of hydrogen-bond donors (Lipinski definition) is 0. The maximum atomic E-state index is 13.2. The monoisotopic (exact) mass is 405 g/mol. The molecule has 0 aliphatic carbocycles. The first-order chi connectivity index (χ1) is 13.4. The fourth-order valence-electron chi connectivity index (χ4n) is 3.32. The van der Waals surface area contributed by atoms with Crippen LogP contribution in [0.2, 0.25) is 0 Å². The Labute approximate surface area is 166 Å². The van der Waals surface area contributed by atoms with Crippen molar-refractivity contribution in [2.75, 3.05) is 18.1 Å². The highest BCUT2D eigenvalue weighted by molar-refractivity contribution is 7.91. The Morgan fingerprint density at radius 2 is 1.96 bits per heavy atom. The Morgan fingerprint density at radius 3 is 2.54 bits per heavy atom. The summed E-state index contributed by atoms with van der Waals surface area (Å²) in [5.74, 6) is 2.04. The molecule has 1 aliphatic rings. The van der Waals surface area contributed by atoms with Crippen LogP contribution in [0.3, 0.4) is 0 Å². The van der Waals surface area contributed by atoms with Gasteiger partial charge in [-0.3, -0.25) is 4.79 Å². The molecular formula is C21H27NO5S. The summed E-state index contributed by atoms with van der Waals surface area (Å²) in [7, 11) is -3.11. The lowest BCUT2D eigenvalue weighted by molar-refractivity contribution is 0.0665. The first kappa shape index (κ1) is 20.5. The van der Waals surface area contributed by atoms with E-state index in [9.17, 15) is 13.2 Å². The molecule has 2 heterocycles. The van der Waals surface area contributed by atoms with Gasteiger partial charge in [0.2, 0.25) is 0 Å². The third-order valence-corrected chi connectivity index (χ3v) is 6.65. The van der Waals surface area contributed by atoms with E-state index >= 15 is 0 Å². The molecule has 3 rings (SSSR count). The topological polar surface area (TPSA) is 76.8 Å². The SMILES string of the molecule is CCCCOc1ccc(C(=O)N(Cc2ccc(C)o2)[C@@H]2CCS(=O)(=O)C2)cc1. The molecule has 1 fully saturated rings. The number of rotatable bonds is 8. The van der Waals surface area contributed by atoms with E-state index in [0.717, 1.165) is 24.4 Å². The lowest BCUT2D eigenvalue weighted by Gasteiger charge is -2.27. The van der Waals surface area contributed by atoms with Crippen molar-refractivity contribution in [1.29, 1.82) is 0 Å². The number of ether oxygens (including phenoxy) is 1. The average Bonchev–Trinajstić information content (AvgIpc) is 3.24. The van der Waals surface area contributed by atoms with Crippen molar-refractivity contribution in [1.82, 2.24) is 4.90 Å². The molecule has 0 saturated carbocycles. The van der Waals surface area contributed by atoms with Gasteiger partial charge >= 0.3 is 0 Å². The molecule has 1 saturated heterocycles. The van der Waals surface area contributed by atoms with E-state index < -0.39 is 9.84 Å². The van der Waals surface area contributed by atoms with Crippen LogP contribution in [-0.4, -0.2) is 43.4 Å². The highest BCUT2D eigenvalue weighted by Crippen LogP contribution is 2.24. The van der Waals surface area contributed by atoms with Gasteiger partial charge in [-0.15, -0.1) is 0 Å². The summed E-state index contributed by atoms with van der Waals surface area (Å²) in [6.45, 7) is 4.84. The molecule has 152 valence electrons. The summed E-state index contributed by atoms with van der Waals surface area (Å²) >= 11 is 0. The Bertz CT molecular complexity index is 901. The van der Waals surface area contributed by atoms with Gasteiger partial charge in [-0.1, -0.05) is 13.3 Å². The average molecular weight is 406 g/mol. The van der Waals surface area contributed by atoms with E-state index in [1.807, 2.05) is 19.1 Å². The summed E-state index contributed by atoms with van der Waals surface area (Å²) < 4.78 is 35.2. The van der Waals surface area contributed by atoms with Crippen molar-refractivity contribution in [2.24, 2.45) is 0 Å². The normalized spacial score (nSPS) is 18.1. The van der Waals surface area contributed by atoms with Crippen LogP contribution in [0.1, 0.15) is 48.1 Å². The molecule has 1 aromatic carbocycles. The van der Waals surface area contributed by atoms with Gasteiger partial charge < -0.3 is 14.1 Å². The van der Waals surface area contributed by atoms with E-state index in [2.05, 4.69) is 6.92 Å². The summed E-state index contributed by atoms with van der Waals surface area (Å²) in [4.78, 5) is 14.8. The second-order valence-corrected chi connectivity index (χ2v) is 9.46. The zero-order chi connectivity index (χ0) is 20.1. The Hall–Kier alpha value is -2.28. The van der Waals surface area contributed by atoms with Crippen LogP contribution in [0, 0.1) is 6.92 Å². The summed E-state index contributed by atoms with van der Waals surface area (Å²) in [5, 5.41) is 0. The van der Waals surface area contributed by atoms with Crippen molar-refractivity contribution < 1.29 is 22.4 Å². The fraction of sp³-hybridized carbons (Fsp3) is 0.476. The van der Waals surface area contributed by atoms with Gasteiger partial charge in [0.05, 0.1) is 24.7 Å². The lowest BCUT2D eigenvalue weighted by atomic mass is 10.1. The molecule has 0 spiro atoms. The van der Waals surface area contributed by atoms with Gasteiger partial charge in [0.1, 0.15) is 17.3 Å². The third kappa shape index (κ3) is 5.16. The minimum absolute atomic E-state index is 0.00333. The van der Waals surface area contributed by atoms with E-state index in [-0.39, 0.29) is 30.0 Å². The molecule has 2 aromatic rings. The standard InChI is InChI=1S/C21H27NO5S/c1-3-4-12-26-19-9-6-17(7-10-19)21(23)22(14-20-8-5-16(2)27-20)18-11-13-28(24,25)15-18/h5-10,18H,3-4,11-15H2,1-2H3/t18-/m1/s1. The molecule has 6 nitrogen and oxygen atoms in total. The molecule has 1 aromatic heterocycles. The smallest absolute Gasteiger partial charge is 0.254 e. The molecule has 1 amide bonds. The van der Waals surface area contributed by atoms with Crippen molar-refractivity contribution in [3.8, 4) is 5.75 Å². The largest absolute Gasteiger partial charge is 0.494 e. The molecule has 28 heavy (non-hydrogen) atoms. The molecule has 7 heteroatoms. The van der Waals surface area contributed by atoms with Gasteiger partial charge in [0.15, 0.2) is 9.84 Å². The van der Waals surface area contributed by atoms with Crippen LogP contribution in [0.4, 0.5) is 0 Å². The number of sulfone groups is 1. The van der Waals surface area contributed by atoms with E-state index in [0.29, 0.717) is 24.4 Å². The highest BCUT2D eigenvalue weighted by atomic mass is 32.2. The number of nitrogens with zero attached hydrogens (tertiary/aromatic N) is 1. The minimum atomic E-state index is -3.11. The summed E-state index contributed by atoms with van der Waals surface area (Å²) in [6, 6.07) is 10.3. The maximum Gasteiger partial charge on any atom is 0.254 e. The highest BCUT2D eigenvalue weighted by Gasteiger charge is 2.35. The second kappa shape index (κ2) is 8.82. The van der Waals surface area contributed by atoms with Gasteiger partial charge in [-0.05, 0) is 56.2 Å². The van der Waals surface area contributed by atoms with Crippen LogP contribution in [0.25, 0.3) is 0 Å². The fourth-order valence-corrected chi connectivity index (χ4v) is 5.05. The van der Waals surface area contributed by atoms with Gasteiger partial charge in [-0.2, -0.15) is 0 Å². The summed E-state index contributed by atoms with van der Waals surface area (Å²) in [5.41, 5.74) is 0.510. The number of carbonyl (C=O) groups is 1. The van der Waals surface area contributed by atoms with Crippen LogP contribution >= 0.6 is 0 Å². The molecule has 0 radical (unpaired) electrons. The predicted molar refractivity (Wildman–Crippen MR) is 107 cm³/mol. The number of aryl methyl sites for hydroxylation is 1. The molecule has 0 N–H and O–H groups in total. The molecule has 1 aliphatic heterocycles. The molecular weight excluding hydrogens is 378 g/mol. The van der Waals surface area contributed by atoms with Crippen LogP contribution in [0.5, 0.6) is 5.75 Å². The first-order valence-corrected chi connectivity index (χ1v) is 11.5. The molecule has 1 atom stereocenters. The number of furan rings is 1. The predicted octanol–water partition coefficient (Wildman–Crippen LogP) is 3.60. The Balaban J connectivity index is 1.77. The summed E-state index contributed by atoms with van der Waals surface area (Å²) in [6.07, 6.45) is 2.49. The second-order valence-electron chi connectivity index (χ2n) is 7.23. The Kier molecular flexibility index (Phi) is 6.44. The van der Waals surface area contributed by atoms with Gasteiger partial charge in [0, 0.05) is 11.6 Å². The van der Waals surface area contributed by atoms with Crippen molar-refractivity contribution in [3.63, 3.8) is 0 Å². The zero-order valence-electron chi connectivity index (χ0n) is 16.4. The van der Waals surface area contributed by atoms with E-state index in [1.165, 1.54) is 0 Å². The quantitative estimate of drug-likeness (QED) is 0.627. The number of unbranched alkanes of at least 4 members (excludes halogenated alkanes) is 1. The minimum Gasteiger partial charge on any atom is -0.494 e. The van der Waals surface area contributed by atoms with Gasteiger partial charge in [-0.25, -0.2) is 8.42 Å². The van der Waals surface area contributed by atoms with E-state index in [1.54, 1.807) is 29.2 Å². The van der Waals surface area contributed by atoms with E-state index in [4.69, 9.17) is 9.15 Å². The van der Waals surface area contributed by atoms with Crippen LogP contribution < -0.4 is 4.74 Å². The number of hydrogen-bond acceptors (Lipinski definition) is 5. The van der Waals surface area contributed by atoms with Crippen molar-refractivity contribution in [3.05, 3.63) is 53.5 Å². The Morgan fingerprint density at radius 1 is 1.21 bits per heavy atom. The van der Waals surface area contributed by atoms with Crippen molar-refractivity contribution in [2.45, 2.75) is 45.7 Å². The first-order valence-electron chi connectivity index (χ1n) is 9.67. The third-order valence-electron chi connectivity index (χ3n) is 4.90. The number of benzene rings is 1. The van der Waals surface area contributed by atoms with Gasteiger partial charge in [0.25, 0.3) is 5.91 Å². The lowest BCUT2D eigenvalue weighted by Crippen LogP contribution is -2.40. The number of amides is 1.